The first-order chi connectivity index (χ1) is 12.7. The van der Waals surface area contributed by atoms with Crippen LogP contribution in [0.1, 0.15) is 23.7 Å². The van der Waals surface area contributed by atoms with E-state index < -0.39 is 15.9 Å². The van der Waals surface area contributed by atoms with Crippen molar-refractivity contribution in [3.05, 3.63) is 52.5 Å². The van der Waals surface area contributed by atoms with Gasteiger partial charge in [-0.05, 0) is 77.0 Å². The summed E-state index contributed by atoms with van der Waals surface area (Å²) in [6, 6.07) is 10.7. The number of primary sulfonamides is 1. The molecule has 7 nitrogen and oxygen atoms in total. The minimum absolute atomic E-state index is 0.0155. The Bertz CT molecular complexity index is 947. The first-order valence-electron chi connectivity index (χ1n) is 7.88. The summed E-state index contributed by atoms with van der Waals surface area (Å²) in [5, 5.41) is 10.5. The number of benzene rings is 2. The number of thiocarbonyl (C=S) groups is 1. The van der Waals surface area contributed by atoms with Crippen LogP contribution in [0.15, 0.2) is 51.8 Å². The van der Waals surface area contributed by atoms with Crippen molar-refractivity contribution in [1.82, 2.24) is 5.32 Å². The number of nitrogens with one attached hydrogen (secondary N) is 2. The smallest absolute Gasteiger partial charge is 0.257 e. The van der Waals surface area contributed by atoms with Gasteiger partial charge in [-0.1, -0.05) is 6.92 Å². The number of hydrogen-bond donors (Lipinski definition) is 3. The summed E-state index contributed by atoms with van der Waals surface area (Å²) < 4.78 is 28.7. The zero-order chi connectivity index (χ0) is 20.0. The molecule has 2 aromatic rings. The summed E-state index contributed by atoms with van der Waals surface area (Å²) in [5.41, 5.74) is 0.914. The van der Waals surface area contributed by atoms with Crippen molar-refractivity contribution in [3.8, 4) is 5.75 Å². The first kappa shape index (κ1) is 21.3. The van der Waals surface area contributed by atoms with E-state index in [0.717, 1.165) is 6.42 Å². The summed E-state index contributed by atoms with van der Waals surface area (Å²) in [4.78, 5) is 12.3. The van der Waals surface area contributed by atoms with E-state index in [1.54, 1.807) is 18.2 Å². The average Bonchev–Trinajstić information content (AvgIpc) is 2.60. The van der Waals surface area contributed by atoms with Gasteiger partial charge in [-0.15, -0.1) is 0 Å². The van der Waals surface area contributed by atoms with Crippen LogP contribution in [0, 0.1) is 0 Å². The number of anilines is 1. The highest BCUT2D eigenvalue weighted by Crippen LogP contribution is 2.26. The Balaban J connectivity index is 1.99. The second-order valence-corrected chi connectivity index (χ2v) is 8.30. The predicted molar refractivity (Wildman–Crippen MR) is 111 cm³/mol. The molecule has 0 aliphatic carbocycles. The minimum Gasteiger partial charge on any atom is -0.492 e. The molecule has 0 radical (unpaired) electrons. The van der Waals surface area contributed by atoms with Crippen LogP contribution in [-0.4, -0.2) is 26.0 Å². The zero-order valence-corrected chi connectivity index (χ0v) is 17.6. The number of carbonyl (C=O) groups excluding carboxylic acids is 1. The Morgan fingerprint density at radius 1 is 1.22 bits per heavy atom. The topological polar surface area (TPSA) is 111 Å². The number of rotatable bonds is 6. The molecule has 2 aromatic carbocycles. The minimum atomic E-state index is -3.76. The normalized spacial score (nSPS) is 10.9. The molecule has 0 atom stereocenters. The van der Waals surface area contributed by atoms with Crippen molar-refractivity contribution < 1.29 is 17.9 Å². The van der Waals surface area contributed by atoms with Gasteiger partial charge in [-0.25, -0.2) is 13.6 Å². The number of amides is 1. The molecule has 0 aliphatic heterocycles. The fraction of sp³-hybridized carbons (Fsp3) is 0.176. The fourth-order valence-electron chi connectivity index (χ4n) is 2.04. The number of carbonyl (C=O) groups is 1. The van der Waals surface area contributed by atoms with Crippen molar-refractivity contribution in [2.24, 2.45) is 5.14 Å². The van der Waals surface area contributed by atoms with Gasteiger partial charge in [0.2, 0.25) is 10.0 Å². The number of sulfonamides is 1. The molecule has 0 aromatic heterocycles. The van der Waals surface area contributed by atoms with Crippen molar-refractivity contribution in [2.45, 2.75) is 18.2 Å². The predicted octanol–water partition coefficient (Wildman–Crippen LogP) is 3.01. The summed E-state index contributed by atoms with van der Waals surface area (Å²) >= 11 is 8.49. The SMILES string of the molecule is CCCOc1ccc(C(=O)NC(=S)Nc2ccc(S(N)(=O)=O)cc2)cc1Br. The van der Waals surface area contributed by atoms with Crippen LogP contribution in [0.3, 0.4) is 0 Å². The molecule has 10 heteroatoms. The third kappa shape index (κ3) is 6.28. The molecule has 2 rings (SSSR count). The Labute approximate surface area is 171 Å². The summed E-state index contributed by atoms with van der Waals surface area (Å²) in [5.74, 6) is 0.264. The van der Waals surface area contributed by atoms with Crippen LogP contribution in [0.25, 0.3) is 0 Å². The lowest BCUT2D eigenvalue weighted by Crippen LogP contribution is -2.34. The fourth-order valence-corrected chi connectivity index (χ4v) is 3.26. The van der Waals surface area contributed by atoms with Gasteiger partial charge >= 0.3 is 0 Å². The summed E-state index contributed by atoms with van der Waals surface area (Å²) in [7, 11) is -3.76. The van der Waals surface area contributed by atoms with Crippen molar-refractivity contribution in [1.29, 1.82) is 0 Å². The van der Waals surface area contributed by atoms with E-state index >= 15 is 0 Å². The molecule has 0 fully saturated rings. The van der Waals surface area contributed by atoms with Crippen molar-refractivity contribution >= 4 is 54.9 Å². The highest BCUT2D eigenvalue weighted by atomic mass is 79.9. The lowest BCUT2D eigenvalue weighted by atomic mass is 10.2. The molecule has 0 saturated heterocycles. The summed E-state index contributed by atoms with van der Waals surface area (Å²) in [6.07, 6.45) is 0.882. The number of ether oxygens (including phenoxy) is 1. The molecule has 4 N–H and O–H groups in total. The molecular weight excluding hydrogens is 454 g/mol. The van der Waals surface area contributed by atoms with E-state index in [0.29, 0.717) is 28.1 Å². The van der Waals surface area contributed by atoms with Crippen LogP contribution in [-0.2, 0) is 10.0 Å². The number of nitrogens with two attached hydrogens (primary N) is 1. The lowest BCUT2D eigenvalue weighted by Gasteiger charge is -2.11. The highest BCUT2D eigenvalue weighted by molar-refractivity contribution is 9.10. The molecule has 0 aliphatic rings. The van der Waals surface area contributed by atoms with Crippen molar-refractivity contribution in [3.63, 3.8) is 0 Å². The van der Waals surface area contributed by atoms with Gasteiger partial charge in [-0.3, -0.25) is 10.1 Å². The van der Waals surface area contributed by atoms with E-state index in [-0.39, 0.29) is 10.0 Å². The highest BCUT2D eigenvalue weighted by Gasteiger charge is 2.12. The van der Waals surface area contributed by atoms with Crippen LogP contribution in [0.5, 0.6) is 5.75 Å². The van der Waals surface area contributed by atoms with Crippen LogP contribution < -0.4 is 20.5 Å². The monoisotopic (exact) mass is 471 g/mol. The quantitative estimate of drug-likeness (QED) is 0.558. The molecular formula is C17H18BrN3O4S2. The van der Waals surface area contributed by atoms with Gasteiger partial charge in [0, 0.05) is 11.3 Å². The summed E-state index contributed by atoms with van der Waals surface area (Å²) in [6.45, 7) is 2.59. The van der Waals surface area contributed by atoms with Crippen molar-refractivity contribution in [2.75, 3.05) is 11.9 Å². The van der Waals surface area contributed by atoms with Crippen LogP contribution in [0.2, 0.25) is 0 Å². The number of hydrogen-bond acceptors (Lipinski definition) is 5. The van der Waals surface area contributed by atoms with E-state index in [2.05, 4.69) is 26.6 Å². The van der Waals surface area contributed by atoms with Gasteiger partial charge in [0.25, 0.3) is 5.91 Å². The maximum Gasteiger partial charge on any atom is 0.257 e. The van der Waals surface area contributed by atoms with E-state index in [1.807, 2.05) is 6.92 Å². The molecule has 0 bridgehead atoms. The third-order valence-corrected chi connectivity index (χ3v) is 5.08. The maximum atomic E-state index is 12.3. The Morgan fingerprint density at radius 2 is 1.89 bits per heavy atom. The lowest BCUT2D eigenvalue weighted by molar-refractivity contribution is 0.0977. The van der Waals surface area contributed by atoms with Crippen LogP contribution in [0.4, 0.5) is 5.69 Å². The second kappa shape index (κ2) is 9.27. The molecule has 0 spiro atoms. The Morgan fingerprint density at radius 3 is 2.44 bits per heavy atom. The van der Waals surface area contributed by atoms with Gasteiger partial charge in [-0.2, -0.15) is 0 Å². The molecule has 0 unspecified atom stereocenters. The molecule has 0 saturated carbocycles. The maximum absolute atomic E-state index is 12.3. The second-order valence-electron chi connectivity index (χ2n) is 5.47. The number of halogens is 1. The van der Waals surface area contributed by atoms with E-state index in [4.69, 9.17) is 22.1 Å². The van der Waals surface area contributed by atoms with Gasteiger partial charge in [0.1, 0.15) is 5.75 Å². The zero-order valence-electron chi connectivity index (χ0n) is 14.4. The average molecular weight is 472 g/mol. The van der Waals surface area contributed by atoms with Gasteiger partial charge in [0.05, 0.1) is 16.0 Å². The first-order valence-corrected chi connectivity index (χ1v) is 10.6. The Hall–Kier alpha value is -2.01. The largest absolute Gasteiger partial charge is 0.492 e. The molecule has 27 heavy (non-hydrogen) atoms. The van der Waals surface area contributed by atoms with E-state index in [9.17, 15) is 13.2 Å². The van der Waals surface area contributed by atoms with E-state index in [1.165, 1.54) is 24.3 Å². The standard InChI is InChI=1S/C17H18BrN3O4S2/c1-2-9-25-15-8-3-11(10-14(15)18)16(22)21-17(26)20-12-4-6-13(7-5-12)27(19,23)24/h3-8,10H,2,9H2,1H3,(H2,19,23,24)(H2,20,21,22,26). The Kier molecular flexibility index (Phi) is 7.31. The van der Waals surface area contributed by atoms with Gasteiger partial charge in [0.15, 0.2) is 5.11 Å². The van der Waals surface area contributed by atoms with Gasteiger partial charge < -0.3 is 10.1 Å². The molecule has 0 heterocycles. The molecule has 1 amide bonds. The third-order valence-electron chi connectivity index (χ3n) is 3.32. The molecule has 144 valence electrons. The van der Waals surface area contributed by atoms with Crippen LogP contribution >= 0.6 is 28.1 Å².